The van der Waals surface area contributed by atoms with Crippen LogP contribution in [0.15, 0.2) is 25.6 Å². The van der Waals surface area contributed by atoms with Crippen molar-refractivity contribution in [1.82, 2.24) is 10.6 Å². The van der Waals surface area contributed by atoms with E-state index >= 15 is 0 Å². The highest BCUT2D eigenvalue weighted by atomic mass is 31.2. The quantitative estimate of drug-likeness (QED) is 0.486. The maximum absolute atomic E-state index is 11.3. The van der Waals surface area contributed by atoms with Gasteiger partial charge in [-0.25, -0.2) is 14.2 Å². The molecule has 0 aromatic rings. The molecule has 0 rings (SSSR count). The fourth-order valence-corrected chi connectivity index (χ4v) is 1.93. The average molecular weight is 356 g/mol. The topological polar surface area (TPSA) is 143 Å². The third-order valence-electron chi connectivity index (χ3n) is 1.31. The van der Waals surface area contributed by atoms with E-state index in [4.69, 9.17) is 23.8 Å². The van der Waals surface area contributed by atoms with Gasteiger partial charge in [0.2, 0.25) is 0 Å². The van der Waals surface area contributed by atoms with Crippen LogP contribution in [-0.4, -0.2) is 42.2 Å². The highest BCUT2D eigenvalue weighted by Crippen LogP contribution is 2.48. The van der Waals surface area contributed by atoms with Crippen LogP contribution in [0.25, 0.3) is 0 Å². The zero-order chi connectivity index (χ0) is 18.7. The molecule has 0 aromatic carbocycles. The van der Waals surface area contributed by atoms with Gasteiger partial charge in [-0.1, -0.05) is 13.2 Å². The Morgan fingerprint density at radius 1 is 0.913 bits per heavy atom. The van der Waals surface area contributed by atoms with Crippen molar-refractivity contribution in [2.45, 2.75) is 20.8 Å². The standard InChI is InChI=1S/C6H15O4P.2C3H5NO2/c1-4-8-11(7,9-5-2)10-6-3;2*1-2-4-3(5)6/h4-6H2,1-3H3;2*2,4H,1H2,(H,5,6). The van der Waals surface area contributed by atoms with Gasteiger partial charge in [-0.05, 0) is 33.2 Å². The number of rotatable bonds is 8. The molecule has 0 saturated heterocycles. The molecular weight excluding hydrogens is 331 g/mol. The van der Waals surface area contributed by atoms with Crippen LogP contribution < -0.4 is 10.6 Å². The molecular formula is C12H25N2O8P. The number of hydrogen-bond acceptors (Lipinski definition) is 6. The number of phosphoric ester groups is 1. The Morgan fingerprint density at radius 2 is 1.17 bits per heavy atom. The molecule has 10 nitrogen and oxygen atoms in total. The van der Waals surface area contributed by atoms with Gasteiger partial charge in [0.05, 0.1) is 19.8 Å². The number of hydrogen-bond donors (Lipinski definition) is 4. The molecule has 11 heteroatoms. The molecule has 0 radical (unpaired) electrons. The lowest BCUT2D eigenvalue weighted by atomic mass is 10.9. The van der Waals surface area contributed by atoms with Crippen LogP contribution in [0.4, 0.5) is 9.59 Å². The minimum Gasteiger partial charge on any atom is -0.465 e. The summed E-state index contributed by atoms with van der Waals surface area (Å²) in [5, 5.41) is 19.2. The molecule has 4 N–H and O–H groups in total. The van der Waals surface area contributed by atoms with Crippen LogP contribution in [-0.2, 0) is 18.1 Å². The summed E-state index contributed by atoms with van der Waals surface area (Å²) in [4.78, 5) is 18.8. The lowest BCUT2D eigenvalue weighted by Gasteiger charge is -2.14. The highest BCUT2D eigenvalue weighted by Gasteiger charge is 2.23. The zero-order valence-corrected chi connectivity index (χ0v) is 14.4. The zero-order valence-electron chi connectivity index (χ0n) is 13.5. The number of phosphoric acid groups is 1. The molecule has 0 aliphatic carbocycles. The minimum atomic E-state index is -3.22. The van der Waals surface area contributed by atoms with Crippen molar-refractivity contribution in [3.8, 4) is 0 Å². The van der Waals surface area contributed by atoms with E-state index in [1.54, 1.807) is 20.8 Å². The van der Waals surface area contributed by atoms with Crippen LogP contribution in [0, 0.1) is 0 Å². The molecule has 2 amide bonds. The Hall–Kier alpha value is -1.87. The normalized spacial score (nSPS) is 9.17. The first-order valence-electron chi connectivity index (χ1n) is 6.47. The first-order chi connectivity index (χ1) is 10.7. The lowest BCUT2D eigenvalue weighted by Crippen LogP contribution is -2.11. The predicted molar refractivity (Wildman–Crippen MR) is 85.2 cm³/mol. The van der Waals surface area contributed by atoms with E-state index in [1.807, 2.05) is 10.6 Å². The maximum atomic E-state index is 11.3. The van der Waals surface area contributed by atoms with Gasteiger partial charge in [0.15, 0.2) is 0 Å². The Kier molecular flexibility index (Phi) is 20.6. The van der Waals surface area contributed by atoms with Gasteiger partial charge in [0.1, 0.15) is 0 Å². The molecule has 0 fully saturated rings. The van der Waals surface area contributed by atoms with Crippen LogP contribution in [0.1, 0.15) is 20.8 Å². The Balaban J connectivity index is -0.000000284. The highest BCUT2D eigenvalue weighted by molar-refractivity contribution is 7.48. The summed E-state index contributed by atoms with van der Waals surface area (Å²) >= 11 is 0. The van der Waals surface area contributed by atoms with Gasteiger partial charge < -0.3 is 10.2 Å². The van der Waals surface area contributed by atoms with E-state index in [2.05, 4.69) is 13.2 Å². The SMILES string of the molecule is C=CNC(=O)O.C=CNC(=O)O.CCOP(=O)(OCC)OCC. The Bertz CT molecular complexity index is 345. The van der Waals surface area contributed by atoms with Gasteiger partial charge >= 0.3 is 20.0 Å². The van der Waals surface area contributed by atoms with E-state index in [0.29, 0.717) is 19.8 Å². The van der Waals surface area contributed by atoms with Crippen molar-refractivity contribution in [2.24, 2.45) is 0 Å². The molecule has 0 aliphatic rings. The maximum Gasteiger partial charge on any atom is 0.474 e. The average Bonchev–Trinajstić information content (AvgIpc) is 2.40. The fraction of sp³-hybridized carbons (Fsp3) is 0.500. The third kappa shape index (κ3) is 25.4. The van der Waals surface area contributed by atoms with Crippen LogP contribution in [0.5, 0.6) is 0 Å². The van der Waals surface area contributed by atoms with Crippen molar-refractivity contribution in [2.75, 3.05) is 19.8 Å². The Labute approximate surface area is 135 Å². The van der Waals surface area contributed by atoms with Crippen molar-refractivity contribution in [3.63, 3.8) is 0 Å². The molecule has 0 aliphatic heterocycles. The molecule has 0 atom stereocenters. The fourth-order valence-electron chi connectivity index (χ4n) is 0.761. The van der Waals surface area contributed by atoms with E-state index in [9.17, 15) is 14.2 Å². The molecule has 0 bridgehead atoms. The van der Waals surface area contributed by atoms with E-state index in [-0.39, 0.29) is 0 Å². The van der Waals surface area contributed by atoms with Gasteiger partial charge in [-0.3, -0.25) is 24.2 Å². The third-order valence-corrected chi connectivity index (χ3v) is 3.04. The monoisotopic (exact) mass is 356 g/mol. The number of carbonyl (C=O) groups is 2. The molecule has 136 valence electrons. The summed E-state index contributed by atoms with van der Waals surface area (Å²) in [6.07, 6.45) is 0.0417. The first-order valence-corrected chi connectivity index (χ1v) is 7.93. The van der Waals surface area contributed by atoms with E-state index in [0.717, 1.165) is 12.4 Å². The second kappa shape index (κ2) is 18.2. The second-order valence-corrected chi connectivity index (χ2v) is 4.68. The number of nitrogens with one attached hydrogen (secondary N) is 2. The lowest BCUT2D eigenvalue weighted by molar-refractivity contribution is 0.126. The van der Waals surface area contributed by atoms with Crippen molar-refractivity contribution in [3.05, 3.63) is 25.6 Å². The van der Waals surface area contributed by atoms with Crippen LogP contribution >= 0.6 is 7.82 Å². The number of amides is 2. The van der Waals surface area contributed by atoms with Gasteiger partial charge in [-0.2, -0.15) is 0 Å². The van der Waals surface area contributed by atoms with Gasteiger partial charge in [0, 0.05) is 0 Å². The minimum absolute atomic E-state index is 0.331. The van der Waals surface area contributed by atoms with Gasteiger partial charge in [-0.15, -0.1) is 0 Å². The smallest absolute Gasteiger partial charge is 0.465 e. The molecule has 0 saturated carbocycles. The first kappa shape index (κ1) is 26.0. The predicted octanol–water partition coefficient (Wildman–Crippen LogP) is 3.00. The number of carboxylic acid groups (broad SMARTS) is 2. The molecule has 23 heavy (non-hydrogen) atoms. The molecule has 0 spiro atoms. The summed E-state index contributed by atoms with van der Waals surface area (Å²) in [7, 11) is -3.22. The summed E-state index contributed by atoms with van der Waals surface area (Å²) in [6.45, 7) is 12.4. The molecule has 0 aromatic heterocycles. The van der Waals surface area contributed by atoms with Gasteiger partial charge in [0.25, 0.3) is 0 Å². The molecule has 0 unspecified atom stereocenters. The van der Waals surface area contributed by atoms with Crippen molar-refractivity contribution < 1.29 is 37.9 Å². The molecule has 0 heterocycles. The Morgan fingerprint density at radius 3 is 1.26 bits per heavy atom. The van der Waals surface area contributed by atoms with Crippen molar-refractivity contribution >= 4 is 20.0 Å². The largest absolute Gasteiger partial charge is 0.474 e. The summed E-state index contributed by atoms with van der Waals surface area (Å²) in [5.41, 5.74) is 0. The second-order valence-electron chi connectivity index (χ2n) is 3.01. The van der Waals surface area contributed by atoms with E-state index < -0.39 is 20.0 Å². The van der Waals surface area contributed by atoms with Crippen LogP contribution in [0.3, 0.4) is 0 Å². The summed E-state index contributed by atoms with van der Waals surface area (Å²) < 4.78 is 25.8. The van der Waals surface area contributed by atoms with Crippen LogP contribution in [0.2, 0.25) is 0 Å². The van der Waals surface area contributed by atoms with E-state index in [1.165, 1.54) is 0 Å². The summed E-state index contributed by atoms with van der Waals surface area (Å²) in [5.74, 6) is 0. The summed E-state index contributed by atoms with van der Waals surface area (Å²) in [6, 6.07) is 0. The van der Waals surface area contributed by atoms with Crippen molar-refractivity contribution in [1.29, 1.82) is 0 Å².